The van der Waals surface area contributed by atoms with Crippen LogP contribution in [0.2, 0.25) is 5.02 Å². The summed E-state index contributed by atoms with van der Waals surface area (Å²) in [5.74, 6) is 1.64. The minimum atomic E-state index is 0.122. The summed E-state index contributed by atoms with van der Waals surface area (Å²) in [5, 5.41) is 1.47. The van der Waals surface area contributed by atoms with E-state index in [1.54, 1.807) is 0 Å². The molecule has 2 fully saturated rings. The van der Waals surface area contributed by atoms with Gasteiger partial charge >= 0.3 is 0 Å². The summed E-state index contributed by atoms with van der Waals surface area (Å²) >= 11 is 5.89. The number of rotatable bonds is 7. The topological polar surface area (TPSA) is 40.6 Å². The summed E-state index contributed by atoms with van der Waals surface area (Å²) in [6, 6.07) is 7.40. The Morgan fingerprint density at radius 3 is 2.30 bits per heavy atom. The van der Waals surface area contributed by atoms with Crippen molar-refractivity contribution in [3.63, 3.8) is 0 Å². The Bertz CT molecular complexity index is 627. The van der Waals surface area contributed by atoms with Crippen molar-refractivity contribution in [1.29, 1.82) is 0 Å². The van der Waals surface area contributed by atoms with Gasteiger partial charge in [-0.25, -0.2) is 0 Å². The van der Waals surface area contributed by atoms with Crippen LogP contribution in [-0.2, 0) is 16.0 Å². The number of piperazine rings is 1. The second kappa shape index (κ2) is 10.6. The van der Waals surface area contributed by atoms with E-state index in [0.717, 1.165) is 23.7 Å². The van der Waals surface area contributed by atoms with Gasteiger partial charge in [0.2, 0.25) is 11.8 Å². The smallest absolute Gasteiger partial charge is 0.227 e. The van der Waals surface area contributed by atoms with E-state index in [0.29, 0.717) is 44.0 Å². The normalized spacial score (nSPS) is 20.1. The fourth-order valence-corrected chi connectivity index (χ4v) is 6.62. The average molecular weight is 427 g/mol. The summed E-state index contributed by atoms with van der Waals surface area (Å²) in [6.07, 6.45) is 5.71. The van der Waals surface area contributed by atoms with E-state index in [1.807, 2.05) is 55.7 Å². The summed E-state index contributed by atoms with van der Waals surface area (Å²) in [7, 11) is 3.99. The Hall–Kier alpha value is -0.850. The van der Waals surface area contributed by atoms with Gasteiger partial charge in [0.15, 0.2) is 0 Å². The predicted octanol–water partition coefficient (Wildman–Crippen LogP) is 4.27. The molecule has 2 aliphatic rings. The summed E-state index contributed by atoms with van der Waals surface area (Å²) in [4.78, 5) is 28.6. The highest BCUT2D eigenvalue weighted by atomic mass is 35.5. The third kappa shape index (κ3) is 6.61. The first-order valence-corrected chi connectivity index (χ1v) is 12.5. The molecule has 0 radical (unpaired) electrons. The van der Waals surface area contributed by atoms with Crippen LogP contribution in [0, 0.1) is 0 Å². The minimum Gasteiger partial charge on any atom is -0.339 e. The Morgan fingerprint density at radius 1 is 1.00 bits per heavy atom. The van der Waals surface area contributed by atoms with Crippen molar-refractivity contribution in [1.82, 2.24) is 9.80 Å². The Labute approximate surface area is 174 Å². The van der Waals surface area contributed by atoms with Gasteiger partial charge in [0.25, 0.3) is 0 Å². The van der Waals surface area contributed by atoms with Crippen molar-refractivity contribution in [3.05, 3.63) is 34.9 Å². The van der Waals surface area contributed by atoms with E-state index >= 15 is 0 Å². The van der Waals surface area contributed by atoms with Gasteiger partial charge in [-0.2, -0.15) is 0 Å². The minimum absolute atomic E-state index is 0.122. The number of carbonyl (C=O) groups is 2. The van der Waals surface area contributed by atoms with Crippen molar-refractivity contribution in [3.8, 4) is 0 Å². The molecule has 0 bridgehead atoms. The average Bonchev–Trinajstić information content (AvgIpc) is 3.20. The number of amides is 2. The van der Waals surface area contributed by atoms with Crippen molar-refractivity contribution in [2.45, 2.75) is 43.8 Å². The fourth-order valence-electron chi connectivity index (χ4n) is 3.46. The van der Waals surface area contributed by atoms with Gasteiger partial charge in [0, 0.05) is 48.6 Å². The third-order valence-corrected chi connectivity index (χ3v) is 8.41. The molecule has 27 heavy (non-hydrogen) atoms. The Morgan fingerprint density at radius 2 is 1.67 bits per heavy atom. The van der Waals surface area contributed by atoms with Gasteiger partial charge in [-0.1, -0.05) is 51.7 Å². The second-order valence-electron chi connectivity index (χ2n) is 7.14. The Kier molecular flexibility index (Phi) is 8.22. The van der Waals surface area contributed by atoms with Gasteiger partial charge < -0.3 is 9.80 Å². The standard InChI is InChI=1S/C20H27ClN2O2S2/c21-17-7-5-16(6-8-17)15-20(25)23-12-10-22(11-13-23)19(24)4-2-1-3-18-9-14-26-27-18/h5-8,18H,1-4,9-15H2. The molecule has 0 saturated carbocycles. The zero-order valence-corrected chi connectivity index (χ0v) is 18.0. The van der Waals surface area contributed by atoms with Crippen LogP contribution in [0.1, 0.15) is 37.7 Å². The molecule has 7 heteroatoms. The molecule has 2 saturated heterocycles. The van der Waals surface area contributed by atoms with Gasteiger partial charge in [-0.05, 0) is 37.0 Å². The second-order valence-corrected chi connectivity index (χ2v) is 10.4. The van der Waals surface area contributed by atoms with Crippen LogP contribution in [0.3, 0.4) is 0 Å². The highest BCUT2D eigenvalue weighted by molar-refractivity contribution is 8.77. The number of unbranched alkanes of at least 4 members (excludes halogenated alkanes) is 1. The molecule has 2 amide bonds. The maximum absolute atomic E-state index is 12.5. The molecule has 3 rings (SSSR count). The lowest BCUT2D eigenvalue weighted by molar-refractivity contribution is -0.139. The molecule has 0 N–H and O–H groups in total. The van der Waals surface area contributed by atoms with Crippen LogP contribution >= 0.6 is 33.2 Å². The van der Waals surface area contributed by atoms with Gasteiger partial charge in [-0.15, -0.1) is 0 Å². The van der Waals surface area contributed by atoms with E-state index in [4.69, 9.17) is 11.6 Å². The van der Waals surface area contributed by atoms with Crippen LogP contribution in [0.4, 0.5) is 0 Å². The maximum Gasteiger partial charge on any atom is 0.227 e. The van der Waals surface area contributed by atoms with Crippen LogP contribution in [0.5, 0.6) is 0 Å². The zero-order chi connectivity index (χ0) is 19.1. The SMILES string of the molecule is O=C(CCCCC1CCSS1)N1CCN(C(=O)Cc2ccc(Cl)cc2)CC1. The van der Waals surface area contributed by atoms with Crippen LogP contribution in [0.15, 0.2) is 24.3 Å². The molecule has 0 aromatic heterocycles. The van der Waals surface area contributed by atoms with E-state index in [2.05, 4.69) is 0 Å². The number of halogens is 1. The molecular formula is C20H27ClN2O2S2. The molecule has 1 aromatic carbocycles. The van der Waals surface area contributed by atoms with Crippen molar-refractivity contribution in [2.24, 2.45) is 0 Å². The lowest BCUT2D eigenvalue weighted by Gasteiger charge is -2.35. The summed E-state index contributed by atoms with van der Waals surface area (Å²) in [6.45, 7) is 2.57. The molecule has 0 spiro atoms. The first-order valence-electron chi connectivity index (χ1n) is 9.70. The number of hydrogen-bond acceptors (Lipinski definition) is 4. The van der Waals surface area contributed by atoms with E-state index in [1.165, 1.54) is 18.6 Å². The van der Waals surface area contributed by atoms with E-state index in [-0.39, 0.29) is 11.8 Å². The molecule has 1 atom stereocenters. The predicted molar refractivity (Wildman–Crippen MR) is 115 cm³/mol. The van der Waals surface area contributed by atoms with Gasteiger partial charge in [0.05, 0.1) is 6.42 Å². The lowest BCUT2D eigenvalue weighted by atomic mass is 10.1. The molecule has 1 unspecified atom stereocenters. The Balaban J connectivity index is 1.33. The quantitative estimate of drug-likeness (QED) is 0.482. The number of benzene rings is 1. The molecule has 0 aliphatic carbocycles. The maximum atomic E-state index is 12.5. The molecule has 2 aliphatic heterocycles. The molecule has 1 aromatic rings. The first kappa shape index (κ1) is 20.9. The molecule has 4 nitrogen and oxygen atoms in total. The van der Waals surface area contributed by atoms with Crippen molar-refractivity contribution in [2.75, 3.05) is 31.9 Å². The van der Waals surface area contributed by atoms with E-state index in [9.17, 15) is 9.59 Å². The monoisotopic (exact) mass is 426 g/mol. The molecular weight excluding hydrogens is 400 g/mol. The van der Waals surface area contributed by atoms with Crippen LogP contribution < -0.4 is 0 Å². The molecule has 2 heterocycles. The van der Waals surface area contributed by atoms with E-state index < -0.39 is 0 Å². The lowest BCUT2D eigenvalue weighted by Crippen LogP contribution is -2.50. The highest BCUT2D eigenvalue weighted by Crippen LogP contribution is 2.39. The van der Waals surface area contributed by atoms with Crippen LogP contribution in [0.25, 0.3) is 0 Å². The highest BCUT2D eigenvalue weighted by Gasteiger charge is 2.24. The third-order valence-electron chi connectivity index (χ3n) is 5.15. The van der Waals surface area contributed by atoms with Gasteiger partial charge in [-0.3, -0.25) is 9.59 Å². The fraction of sp³-hybridized carbons (Fsp3) is 0.600. The molecule has 148 valence electrons. The largest absolute Gasteiger partial charge is 0.339 e. The number of nitrogens with zero attached hydrogens (tertiary/aromatic N) is 2. The number of hydrogen-bond donors (Lipinski definition) is 0. The van der Waals surface area contributed by atoms with Gasteiger partial charge in [0.1, 0.15) is 0 Å². The summed E-state index contributed by atoms with van der Waals surface area (Å²) < 4.78 is 0. The van der Waals surface area contributed by atoms with Crippen LogP contribution in [-0.4, -0.2) is 58.8 Å². The number of carbonyl (C=O) groups excluding carboxylic acids is 2. The zero-order valence-electron chi connectivity index (χ0n) is 15.6. The summed E-state index contributed by atoms with van der Waals surface area (Å²) in [5.41, 5.74) is 0.974. The van der Waals surface area contributed by atoms with Crippen molar-refractivity contribution >= 4 is 45.0 Å². The van der Waals surface area contributed by atoms with Crippen molar-refractivity contribution < 1.29 is 9.59 Å². The first-order chi connectivity index (χ1) is 13.1.